The van der Waals surface area contributed by atoms with Crippen molar-refractivity contribution in [2.24, 2.45) is 0 Å². The molecule has 0 saturated carbocycles. The number of hydrogen-bond donors (Lipinski definition) is 0. The van der Waals surface area contributed by atoms with Gasteiger partial charge < -0.3 is 14.2 Å². The Morgan fingerprint density at radius 3 is 2.25 bits per heavy atom. The third-order valence-electron chi connectivity index (χ3n) is 2.89. The Bertz CT molecular complexity index is 421. The first-order valence-corrected chi connectivity index (χ1v) is 6.77. The van der Waals surface area contributed by atoms with Crippen LogP contribution in [0, 0.1) is 0 Å². The van der Waals surface area contributed by atoms with E-state index in [2.05, 4.69) is 6.58 Å². The van der Waals surface area contributed by atoms with Gasteiger partial charge in [-0.25, -0.2) is 4.79 Å². The van der Waals surface area contributed by atoms with Crippen LogP contribution < -0.4 is 0 Å². The van der Waals surface area contributed by atoms with Crippen LogP contribution in [0.3, 0.4) is 0 Å². The van der Waals surface area contributed by atoms with E-state index in [1.807, 2.05) is 44.2 Å². The predicted molar refractivity (Wildman–Crippen MR) is 77.1 cm³/mol. The number of esters is 1. The van der Waals surface area contributed by atoms with Gasteiger partial charge in [-0.15, -0.1) is 0 Å². The van der Waals surface area contributed by atoms with Crippen molar-refractivity contribution in [3.05, 3.63) is 48.6 Å². The summed E-state index contributed by atoms with van der Waals surface area (Å²) in [5.41, 5.74) is 0.813. The summed E-state index contributed by atoms with van der Waals surface area (Å²) in [5.74, 6) is -1.61. The lowest BCUT2D eigenvalue weighted by molar-refractivity contribution is -0.289. The van der Waals surface area contributed by atoms with E-state index in [-0.39, 0.29) is 0 Å². The van der Waals surface area contributed by atoms with Gasteiger partial charge >= 0.3 is 5.97 Å². The first-order chi connectivity index (χ1) is 9.60. The van der Waals surface area contributed by atoms with E-state index in [4.69, 9.17) is 14.2 Å². The molecule has 0 N–H and O–H groups in total. The molecule has 1 rings (SSSR count). The maximum absolute atomic E-state index is 11.5. The summed E-state index contributed by atoms with van der Waals surface area (Å²) < 4.78 is 17.0. The van der Waals surface area contributed by atoms with Gasteiger partial charge in [-0.05, 0) is 20.8 Å². The molecule has 0 aliphatic rings. The molecule has 1 unspecified atom stereocenters. The molecule has 0 heterocycles. The average molecular weight is 278 g/mol. The van der Waals surface area contributed by atoms with Crippen molar-refractivity contribution in [1.82, 2.24) is 0 Å². The van der Waals surface area contributed by atoms with Crippen LogP contribution in [-0.2, 0) is 24.8 Å². The predicted octanol–water partition coefficient (Wildman–Crippen LogP) is 3.03. The standard InChI is InChI=1S/C16H22O4/c1-5-15(17)20-13(4)16(18-6-2,19-7-3)14-11-9-8-10-12-14/h5,8-13H,1,6-7H2,2-4H3. The third kappa shape index (κ3) is 3.68. The van der Waals surface area contributed by atoms with Crippen LogP contribution in [0.15, 0.2) is 43.0 Å². The second kappa shape index (κ2) is 7.82. The molecule has 1 atom stereocenters. The molecular weight excluding hydrogens is 256 g/mol. The SMILES string of the molecule is C=CC(=O)OC(C)C(OCC)(OCC)c1ccccc1. The largest absolute Gasteiger partial charge is 0.453 e. The van der Waals surface area contributed by atoms with E-state index in [0.717, 1.165) is 11.6 Å². The van der Waals surface area contributed by atoms with Crippen molar-refractivity contribution >= 4 is 5.97 Å². The van der Waals surface area contributed by atoms with Gasteiger partial charge in [0.05, 0.1) is 0 Å². The van der Waals surface area contributed by atoms with E-state index >= 15 is 0 Å². The molecule has 0 spiro atoms. The molecule has 1 aromatic rings. The average Bonchev–Trinajstić information content (AvgIpc) is 2.47. The fourth-order valence-electron chi connectivity index (χ4n) is 2.08. The van der Waals surface area contributed by atoms with E-state index in [1.165, 1.54) is 0 Å². The highest BCUT2D eigenvalue weighted by molar-refractivity contribution is 5.81. The summed E-state index contributed by atoms with van der Waals surface area (Å²) in [5, 5.41) is 0. The molecular formula is C16H22O4. The fraction of sp³-hybridized carbons (Fsp3) is 0.438. The normalized spacial score (nSPS) is 12.8. The summed E-state index contributed by atoms with van der Waals surface area (Å²) in [4.78, 5) is 11.5. The van der Waals surface area contributed by atoms with Gasteiger partial charge in [0.1, 0.15) is 0 Å². The van der Waals surface area contributed by atoms with Crippen molar-refractivity contribution < 1.29 is 19.0 Å². The molecule has 4 heteroatoms. The molecule has 0 amide bonds. The van der Waals surface area contributed by atoms with Crippen LogP contribution in [0.2, 0.25) is 0 Å². The minimum Gasteiger partial charge on any atom is -0.453 e. The molecule has 0 radical (unpaired) electrons. The minimum atomic E-state index is -1.11. The highest BCUT2D eigenvalue weighted by atomic mass is 16.7. The molecule has 0 aliphatic carbocycles. The Kier molecular flexibility index (Phi) is 6.42. The number of benzene rings is 1. The van der Waals surface area contributed by atoms with Gasteiger partial charge in [-0.2, -0.15) is 0 Å². The lowest BCUT2D eigenvalue weighted by atomic mass is 10.0. The second-order valence-electron chi connectivity index (χ2n) is 4.18. The van der Waals surface area contributed by atoms with E-state index in [0.29, 0.717) is 13.2 Å². The zero-order valence-corrected chi connectivity index (χ0v) is 12.3. The third-order valence-corrected chi connectivity index (χ3v) is 2.89. The fourth-order valence-corrected chi connectivity index (χ4v) is 2.08. The van der Waals surface area contributed by atoms with Crippen molar-refractivity contribution in [2.45, 2.75) is 32.7 Å². The van der Waals surface area contributed by atoms with Gasteiger partial charge in [-0.3, -0.25) is 0 Å². The number of carbonyl (C=O) groups is 1. The molecule has 0 fully saturated rings. The highest BCUT2D eigenvalue weighted by Crippen LogP contribution is 2.33. The molecule has 20 heavy (non-hydrogen) atoms. The van der Waals surface area contributed by atoms with E-state index in [1.54, 1.807) is 6.92 Å². The lowest BCUT2D eigenvalue weighted by Crippen LogP contribution is -2.45. The molecule has 110 valence electrons. The molecule has 4 nitrogen and oxygen atoms in total. The van der Waals surface area contributed by atoms with Crippen LogP contribution in [0.5, 0.6) is 0 Å². The smallest absolute Gasteiger partial charge is 0.330 e. The van der Waals surface area contributed by atoms with Crippen LogP contribution in [0.1, 0.15) is 26.3 Å². The van der Waals surface area contributed by atoms with Gasteiger partial charge in [-0.1, -0.05) is 36.9 Å². The number of hydrogen-bond acceptors (Lipinski definition) is 4. The van der Waals surface area contributed by atoms with Gasteiger partial charge in [0.15, 0.2) is 6.10 Å². The summed E-state index contributed by atoms with van der Waals surface area (Å²) in [6, 6.07) is 9.48. The zero-order valence-electron chi connectivity index (χ0n) is 12.3. The Balaban J connectivity index is 3.16. The number of carbonyl (C=O) groups excluding carboxylic acids is 1. The summed E-state index contributed by atoms with van der Waals surface area (Å²) in [6.45, 7) is 9.77. The summed E-state index contributed by atoms with van der Waals surface area (Å²) in [7, 11) is 0. The van der Waals surface area contributed by atoms with Gasteiger partial charge in [0, 0.05) is 24.9 Å². The van der Waals surface area contributed by atoms with Gasteiger partial charge in [0.2, 0.25) is 5.79 Å². The first kappa shape index (κ1) is 16.4. The molecule has 0 aliphatic heterocycles. The van der Waals surface area contributed by atoms with Crippen LogP contribution in [0.25, 0.3) is 0 Å². The lowest BCUT2D eigenvalue weighted by Gasteiger charge is -2.37. The summed E-state index contributed by atoms with van der Waals surface area (Å²) in [6.07, 6.45) is 0.528. The topological polar surface area (TPSA) is 44.8 Å². The summed E-state index contributed by atoms with van der Waals surface area (Å²) >= 11 is 0. The van der Waals surface area contributed by atoms with Crippen molar-refractivity contribution in [3.8, 4) is 0 Å². The molecule has 0 saturated heterocycles. The zero-order chi connectivity index (χ0) is 15.0. The Morgan fingerprint density at radius 1 is 1.25 bits per heavy atom. The molecule has 1 aromatic carbocycles. The Labute approximate surface area is 120 Å². The number of ether oxygens (including phenoxy) is 3. The molecule has 0 bridgehead atoms. The first-order valence-electron chi connectivity index (χ1n) is 6.77. The van der Waals surface area contributed by atoms with Crippen molar-refractivity contribution in [1.29, 1.82) is 0 Å². The highest BCUT2D eigenvalue weighted by Gasteiger charge is 2.42. The second-order valence-corrected chi connectivity index (χ2v) is 4.18. The Morgan fingerprint density at radius 2 is 1.80 bits per heavy atom. The Hall–Kier alpha value is -1.65. The quantitative estimate of drug-likeness (QED) is 0.416. The minimum absolute atomic E-state index is 0.435. The van der Waals surface area contributed by atoms with Crippen LogP contribution >= 0.6 is 0 Å². The van der Waals surface area contributed by atoms with Crippen molar-refractivity contribution in [2.75, 3.05) is 13.2 Å². The van der Waals surface area contributed by atoms with Crippen molar-refractivity contribution in [3.63, 3.8) is 0 Å². The number of rotatable bonds is 8. The maximum atomic E-state index is 11.5. The van der Waals surface area contributed by atoms with E-state index < -0.39 is 17.9 Å². The van der Waals surface area contributed by atoms with Crippen LogP contribution in [0.4, 0.5) is 0 Å². The molecule has 0 aromatic heterocycles. The maximum Gasteiger partial charge on any atom is 0.330 e. The van der Waals surface area contributed by atoms with E-state index in [9.17, 15) is 4.79 Å². The van der Waals surface area contributed by atoms with Gasteiger partial charge in [0.25, 0.3) is 0 Å². The monoisotopic (exact) mass is 278 g/mol. The van der Waals surface area contributed by atoms with Crippen LogP contribution in [-0.4, -0.2) is 25.3 Å².